The molecule has 0 spiro atoms. The molecule has 0 radical (unpaired) electrons. The number of amides is 2. The number of hydrogen-bond donors (Lipinski definition) is 0. The molecule has 8 heteroatoms. The molecule has 0 bridgehead atoms. The Morgan fingerprint density at radius 3 is 2.52 bits per heavy atom. The van der Waals surface area contributed by atoms with E-state index in [9.17, 15) is 9.59 Å². The largest absolute Gasteiger partial charge is 0.497 e. The zero-order valence-corrected chi connectivity index (χ0v) is 14.1. The van der Waals surface area contributed by atoms with Crippen LogP contribution in [0.4, 0.5) is 5.69 Å². The van der Waals surface area contributed by atoms with Gasteiger partial charge in [-0.1, -0.05) is 0 Å². The number of methoxy groups -OCH3 is 2. The first kappa shape index (κ1) is 18.1. The smallest absolute Gasteiger partial charge is 0.229 e. The summed E-state index contributed by atoms with van der Waals surface area (Å²) in [6.45, 7) is -0.181. The minimum Gasteiger partial charge on any atom is -0.497 e. The third kappa shape index (κ3) is 3.81. The van der Waals surface area contributed by atoms with Crippen LogP contribution in [0, 0.1) is 28.6 Å². The summed E-state index contributed by atoms with van der Waals surface area (Å²) in [6, 6.07) is 8.79. The highest BCUT2D eigenvalue weighted by Crippen LogP contribution is 2.36. The van der Waals surface area contributed by atoms with E-state index >= 15 is 0 Å². The summed E-state index contributed by atoms with van der Waals surface area (Å²) in [5, 5.41) is 17.6. The second kappa shape index (κ2) is 8.02. The van der Waals surface area contributed by atoms with Crippen LogP contribution in [0.1, 0.15) is 6.42 Å². The number of benzene rings is 1. The van der Waals surface area contributed by atoms with Gasteiger partial charge in [-0.05, 0) is 12.1 Å². The first-order valence-electron chi connectivity index (χ1n) is 7.60. The predicted octanol–water partition coefficient (Wildman–Crippen LogP) is 0.932. The van der Waals surface area contributed by atoms with Crippen LogP contribution in [0.5, 0.6) is 11.5 Å². The summed E-state index contributed by atoms with van der Waals surface area (Å²) in [4.78, 5) is 27.5. The molecule has 0 N–H and O–H groups in total. The maximum atomic E-state index is 12.5. The summed E-state index contributed by atoms with van der Waals surface area (Å²) in [5.74, 6) is -0.121. The molecule has 0 saturated carbocycles. The van der Waals surface area contributed by atoms with Gasteiger partial charge in [-0.3, -0.25) is 9.59 Å². The highest BCUT2D eigenvalue weighted by atomic mass is 16.5. The highest BCUT2D eigenvalue weighted by Gasteiger charge is 2.38. The molecule has 1 aromatic rings. The van der Waals surface area contributed by atoms with Gasteiger partial charge in [0, 0.05) is 19.0 Å². The maximum absolute atomic E-state index is 12.5. The molecule has 1 fully saturated rings. The van der Waals surface area contributed by atoms with Gasteiger partial charge in [-0.25, -0.2) is 0 Å². The average Bonchev–Trinajstić information content (AvgIpc) is 3.01. The van der Waals surface area contributed by atoms with E-state index in [-0.39, 0.29) is 37.9 Å². The minimum absolute atomic E-state index is 0.0291. The predicted molar refractivity (Wildman–Crippen MR) is 87.8 cm³/mol. The summed E-state index contributed by atoms with van der Waals surface area (Å²) in [5.41, 5.74) is 0.552. The lowest BCUT2D eigenvalue weighted by molar-refractivity contribution is -0.134. The molecule has 0 unspecified atom stereocenters. The molecule has 8 nitrogen and oxygen atoms in total. The Bertz CT molecular complexity index is 734. The first-order chi connectivity index (χ1) is 12.0. The van der Waals surface area contributed by atoms with E-state index in [0.29, 0.717) is 17.2 Å². The SMILES string of the molecule is COc1ccc(N2C[C@@H](C(=O)N(CC#N)CC#N)CC2=O)c(OC)c1. The summed E-state index contributed by atoms with van der Waals surface area (Å²) < 4.78 is 10.5. The Balaban J connectivity index is 2.22. The standard InChI is InChI=1S/C17H18N4O4/c1-24-13-3-4-14(15(10-13)25-2)21-11-12(9-16(21)22)17(23)20(7-5-18)8-6-19/h3-4,10,12H,7-9,11H2,1-2H3/t12-/m0/s1. The third-order valence-electron chi connectivity index (χ3n) is 3.99. The van der Waals surface area contributed by atoms with E-state index in [1.807, 2.05) is 12.1 Å². The van der Waals surface area contributed by atoms with E-state index in [2.05, 4.69) is 0 Å². The van der Waals surface area contributed by atoms with E-state index in [1.165, 1.54) is 19.1 Å². The van der Waals surface area contributed by atoms with Crippen molar-refractivity contribution < 1.29 is 19.1 Å². The molecule has 130 valence electrons. The molecule has 1 aromatic carbocycles. The molecule has 2 rings (SSSR count). The van der Waals surface area contributed by atoms with Crippen LogP contribution in [0.25, 0.3) is 0 Å². The fraction of sp³-hybridized carbons (Fsp3) is 0.412. The van der Waals surface area contributed by atoms with Gasteiger partial charge >= 0.3 is 0 Å². The number of anilines is 1. The number of hydrogen-bond acceptors (Lipinski definition) is 6. The van der Waals surface area contributed by atoms with Gasteiger partial charge < -0.3 is 19.3 Å². The van der Waals surface area contributed by atoms with Gasteiger partial charge in [0.2, 0.25) is 11.8 Å². The van der Waals surface area contributed by atoms with E-state index < -0.39 is 5.92 Å². The molecule has 1 saturated heterocycles. The maximum Gasteiger partial charge on any atom is 0.229 e. The quantitative estimate of drug-likeness (QED) is 0.712. The van der Waals surface area contributed by atoms with Gasteiger partial charge in [0.1, 0.15) is 24.6 Å². The third-order valence-corrected chi connectivity index (χ3v) is 3.99. The normalized spacial score (nSPS) is 16.1. The molecule has 0 aromatic heterocycles. The Labute approximate surface area is 145 Å². The van der Waals surface area contributed by atoms with Crippen LogP contribution in [0.15, 0.2) is 18.2 Å². The van der Waals surface area contributed by atoms with Crippen LogP contribution in [0.3, 0.4) is 0 Å². The van der Waals surface area contributed by atoms with Crippen molar-refractivity contribution in [3.05, 3.63) is 18.2 Å². The monoisotopic (exact) mass is 342 g/mol. The van der Waals surface area contributed by atoms with Crippen LogP contribution < -0.4 is 14.4 Å². The fourth-order valence-corrected chi connectivity index (χ4v) is 2.75. The first-order valence-corrected chi connectivity index (χ1v) is 7.60. The zero-order valence-electron chi connectivity index (χ0n) is 14.1. The van der Waals surface area contributed by atoms with E-state index in [1.54, 1.807) is 18.2 Å². The van der Waals surface area contributed by atoms with Gasteiger partial charge in [0.05, 0.1) is 38.0 Å². The average molecular weight is 342 g/mol. The second-order valence-corrected chi connectivity index (χ2v) is 5.45. The number of nitriles is 2. The molecule has 1 aliphatic heterocycles. The van der Waals surface area contributed by atoms with Crippen molar-refractivity contribution in [3.8, 4) is 23.6 Å². The molecule has 1 aliphatic rings. The summed E-state index contributed by atoms with van der Waals surface area (Å²) >= 11 is 0. The summed E-state index contributed by atoms with van der Waals surface area (Å²) in [6.07, 6.45) is 0.0291. The number of carbonyl (C=O) groups excluding carboxylic acids is 2. The topological polar surface area (TPSA) is 107 Å². The zero-order chi connectivity index (χ0) is 18.4. The van der Waals surface area contributed by atoms with Gasteiger partial charge in [0.25, 0.3) is 0 Å². The van der Waals surface area contributed by atoms with Crippen molar-refractivity contribution in [1.29, 1.82) is 10.5 Å². The second-order valence-electron chi connectivity index (χ2n) is 5.45. The lowest BCUT2D eigenvalue weighted by Gasteiger charge is -2.22. The van der Waals surface area contributed by atoms with E-state index in [4.69, 9.17) is 20.0 Å². The number of carbonyl (C=O) groups is 2. The molecule has 25 heavy (non-hydrogen) atoms. The van der Waals surface area contributed by atoms with Gasteiger partial charge in [0.15, 0.2) is 0 Å². The lowest BCUT2D eigenvalue weighted by atomic mass is 10.1. The Kier molecular flexibility index (Phi) is 5.80. The summed E-state index contributed by atoms with van der Waals surface area (Å²) in [7, 11) is 3.02. The van der Waals surface area contributed by atoms with Crippen molar-refractivity contribution in [1.82, 2.24) is 4.90 Å². The van der Waals surface area contributed by atoms with Crippen LogP contribution in [-0.2, 0) is 9.59 Å². The van der Waals surface area contributed by atoms with E-state index in [0.717, 1.165) is 4.90 Å². The Hall–Kier alpha value is -3.26. The Morgan fingerprint density at radius 1 is 1.28 bits per heavy atom. The van der Waals surface area contributed by atoms with Crippen molar-refractivity contribution in [2.24, 2.45) is 5.92 Å². The van der Waals surface area contributed by atoms with Gasteiger partial charge in [-0.2, -0.15) is 10.5 Å². The van der Waals surface area contributed by atoms with Crippen molar-refractivity contribution in [2.45, 2.75) is 6.42 Å². The van der Waals surface area contributed by atoms with Gasteiger partial charge in [-0.15, -0.1) is 0 Å². The molecule has 0 aliphatic carbocycles. The molecule has 2 amide bonds. The Morgan fingerprint density at radius 2 is 1.96 bits per heavy atom. The lowest BCUT2D eigenvalue weighted by Crippen LogP contribution is -2.38. The van der Waals surface area contributed by atoms with Crippen LogP contribution >= 0.6 is 0 Å². The molecular weight excluding hydrogens is 324 g/mol. The van der Waals surface area contributed by atoms with Crippen LogP contribution in [-0.4, -0.2) is 50.6 Å². The van der Waals surface area contributed by atoms with Crippen LogP contribution in [0.2, 0.25) is 0 Å². The van der Waals surface area contributed by atoms with Crippen molar-refractivity contribution in [2.75, 3.05) is 38.8 Å². The molecule has 1 atom stereocenters. The molecular formula is C17H18N4O4. The number of ether oxygens (including phenoxy) is 2. The number of nitrogens with zero attached hydrogens (tertiary/aromatic N) is 4. The highest BCUT2D eigenvalue weighted by molar-refractivity contribution is 6.01. The van der Waals surface area contributed by atoms with Crippen molar-refractivity contribution >= 4 is 17.5 Å². The minimum atomic E-state index is -0.596. The van der Waals surface area contributed by atoms with Crippen molar-refractivity contribution in [3.63, 3.8) is 0 Å². The fourth-order valence-electron chi connectivity index (χ4n) is 2.75. The molecule has 1 heterocycles. The number of rotatable bonds is 6.